The molecule has 2 N–H and O–H groups in total. The molecule has 0 spiro atoms. The molecule has 1 heterocycles. The second-order valence-corrected chi connectivity index (χ2v) is 2.92. The van der Waals surface area contributed by atoms with Crippen LogP contribution in [-0.4, -0.2) is 9.78 Å². The van der Waals surface area contributed by atoms with Crippen LogP contribution in [0.25, 0.3) is 0 Å². The summed E-state index contributed by atoms with van der Waals surface area (Å²) in [6.45, 7) is 2.07. The van der Waals surface area contributed by atoms with Crippen LogP contribution in [0.1, 0.15) is 12.6 Å². The van der Waals surface area contributed by atoms with E-state index in [2.05, 4.69) is 28.0 Å². The van der Waals surface area contributed by atoms with Gasteiger partial charge in [-0.2, -0.15) is 5.10 Å². The van der Waals surface area contributed by atoms with Crippen molar-refractivity contribution in [2.75, 3.05) is 5.73 Å². The molecule has 0 amide bonds. The Bertz CT molecular complexity index is 241. The molecule has 1 rings (SSSR count). The fourth-order valence-corrected chi connectivity index (χ4v) is 1.56. The second-order valence-electron chi connectivity index (χ2n) is 2.12. The Morgan fingerprint density at radius 2 is 2.30 bits per heavy atom. The molecule has 10 heavy (non-hydrogen) atoms. The van der Waals surface area contributed by atoms with E-state index in [4.69, 9.17) is 5.73 Å². The molecule has 0 saturated heterocycles. The van der Waals surface area contributed by atoms with Gasteiger partial charge < -0.3 is 5.73 Å². The van der Waals surface area contributed by atoms with Gasteiger partial charge in [0.25, 0.3) is 0 Å². The Hall–Kier alpha value is -0.510. The molecule has 0 bridgehead atoms. The van der Waals surface area contributed by atoms with Crippen LogP contribution < -0.4 is 5.73 Å². The summed E-state index contributed by atoms with van der Waals surface area (Å²) >= 11 is 3.35. The summed E-state index contributed by atoms with van der Waals surface area (Å²) in [5, 5.41) is 4.03. The molecule has 0 aliphatic heterocycles. The first-order chi connectivity index (χ1) is 4.66. The third kappa shape index (κ3) is 1.03. The summed E-state index contributed by atoms with van der Waals surface area (Å²) in [5.41, 5.74) is 6.67. The largest absolute Gasteiger partial charge is 0.381 e. The van der Waals surface area contributed by atoms with Crippen molar-refractivity contribution in [2.45, 2.75) is 13.3 Å². The van der Waals surface area contributed by atoms with Gasteiger partial charge in [0.05, 0.1) is 10.2 Å². The number of hydrogen-bond donors (Lipinski definition) is 1. The molecule has 0 unspecified atom stereocenters. The fourth-order valence-electron chi connectivity index (χ4n) is 0.940. The first kappa shape index (κ1) is 7.60. The van der Waals surface area contributed by atoms with Gasteiger partial charge in [-0.15, -0.1) is 0 Å². The molecule has 1 aromatic heterocycles. The van der Waals surface area contributed by atoms with E-state index in [1.54, 1.807) is 4.68 Å². The van der Waals surface area contributed by atoms with Crippen LogP contribution in [0.3, 0.4) is 0 Å². The summed E-state index contributed by atoms with van der Waals surface area (Å²) in [7, 11) is 1.89. The number of nitrogen functional groups attached to an aromatic ring is 1. The van der Waals surface area contributed by atoms with Crippen LogP contribution >= 0.6 is 15.9 Å². The minimum Gasteiger partial charge on any atom is -0.381 e. The molecule has 0 aliphatic carbocycles. The minimum absolute atomic E-state index is 0.569. The number of aryl methyl sites for hydroxylation is 1. The number of nitrogens with two attached hydrogens (primary N) is 1. The van der Waals surface area contributed by atoms with Gasteiger partial charge in [-0.1, -0.05) is 6.92 Å². The zero-order valence-electron chi connectivity index (χ0n) is 6.06. The van der Waals surface area contributed by atoms with Crippen molar-refractivity contribution >= 4 is 21.7 Å². The van der Waals surface area contributed by atoms with Gasteiger partial charge in [-0.3, -0.25) is 4.68 Å². The SMILES string of the molecule is CCc1c(Br)c(N)nn1C. The average molecular weight is 204 g/mol. The van der Waals surface area contributed by atoms with E-state index in [1.807, 2.05) is 7.05 Å². The van der Waals surface area contributed by atoms with Crippen molar-refractivity contribution in [3.63, 3.8) is 0 Å². The lowest BCUT2D eigenvalue weighted by Crippen LogP contribution is -1.96. The number of anilines is 1. The lowest BCUT2D eigenvalue weighted by Gasteiger charge is -1.94. The third-order valence-electron chi connectivity index (χ3n) is 1.46. The predicted molar refractivity (Wildman–Crippen MR) is 44.7 cm³/mol. The van der Waals surface area contributed by atoms with Crippen molar-refractivity contribution < 1.29 is 0 Å². The van der Waals surface area contributed by atoms with E-state index < -0.39 is 0 Å². The van der Waals surface area contributed by atoms with E-state index in [0.29, 0.717) is 5.82 Å². The fraction of sp³-hybridized carbons (Fsp3) is 0.500. The molecular weight excluding hydrogens is 194 g/mol. The van der Waals surface area contributed by atoms with Crippen molar-refractivity contribution in [3.05, 3.63) is 10.2 Å². The van der Waals surface area contributed by atoms with Crippen molar-refractivity contribution in [3.8, 4) is 0 Å². The monoisotopic (exact) mass is 203 g/mol. The van der Waals surface area contributed by atoms with Crippen LogP contribution in [0.15, 0.2) is 4.47 Å². The molecule has 56 valence electrons. The topological polar surface area (TPSA) is 43.8 Å². The quantitative estimate of drug-likeness (QED) is 0.749. The standard InChI is InChI=1S/C6H10BrN3/c1-3-4-5(7)6(8)9-10(4)2/h3H2,1-2H3,(H2,8,9). The molecular formula is C6H10BrN3. The Morgan fingerprint density at radius 1 is 1.70 bits per heavy atom. The van der Waals surface area contributed by atoms with Gasteiger partial charge in [0.1, 0.15) is 0 Å². The molecule has 0 saturated carbocycles. The van der Waals surface area contributed by atoms with Crippen molar-refractivity contribution in [2.24, 2.45) is 7.05 Å². The highest BCUT2D eigenvalue weighted by Gasteiger charge is 2.07. The molecule has 0 radical (unpaired) electrons. The zero-order valence-corrected chi connectivity index (χ0v) is 7.64. The summed E-state index contributed by atoms with van der Waals surface area (Å²) < 4.78 is 2.72. The Balaban J connectivity index is 3.20. The molecule has 0 atom stereocenters. The maximum atomic E-state index is 5.54. The highest BCUT2D eigenvalue weighted by atomic mass is 79.9. The number of hydrogen-bond acceptors (Lipinski definition) is 2. The van der Waals surface area contributed by atoms with Crippen LogP contribution in [0.2, 0.25) is 0 Å². The lowest BCUT2D eigenvalue weighted by molar-refractivity contribution is 0.720. The van der Waals surface area contributed by atoms with Gasteiger partial charge in [0.2, 0.25) is 0 Å². The van der Waals surface area contributed by atoms with E-state index in [1.165, 1.54) is 0 Å². The Kier molecular flexibility index (Phi) is 1.99. The summed E-state index contributed by atoms with van der Waals surface area (Å²) in [6, 6.07) is 0. The van der Waals surface area contributed by atoms with Crippen LogP contribution in [-0.2, 0) is 13.5 Å². The predicted octanol–water partition coefficient (Wildman–Crippen LogP) is 1.33. The zero-order chi connectivity index (χ0) is 7.72. The Labute approximate surface area is 68.3 Å². The molecule has 1 aromatic rings. The van der Waals surface area contributed by atoms with Gasteiger partial charge in [-0.05, 0) is 22.4 Å². The highest BCUT2D eigenvalue weighted by molar-refractivity contribution is 9.10. The summed E-state index contributed by atoms with van der Waals surface area (Å²) in [4.78, 5) is 0. The summed E-state index contributed by atoms with van der Waals surface area (Å²) in [5.74, 6) is 0.569. The van der Waals surface area contributed by atoms with E-state index in [-0.39, 0.29) is 0 Å². The third-order valence-corrected chi connectivity index (χ3v) is 2.33. The number of halogens is 1. The van der Waals surface area contributed by atoms with Crippen LogP contribution in [0, 0.1) is 0 Å². The van der Waals surface area contributed by atoms with E-state index in [0.717, 1.165) is 16.6 Å². The Morgan fingerprint density at radius 3 is 2.50 bits per heavy atom. The maximum absolute atomic E-state index is 5.54. The van der Waals surface area contributed by atoms with Gasteiger partial charge in [-0.25, -0.2) is 0 Å². The molecule has 0 aromatic carbocycles. The smallest absolute Gasteiger partial charge is 0.160 e. The average Bonchev–Trinajstić information content (AvgIpc) is 2.09. The second kappa shape index (κ2) is 2.62. The molecule has 3 nitrogen and oxygen atoms in total. The highest BCUT2D eigenvalue weighted by Crippen LogP contribution is 2.22. The van der Waals surface area contributed by atoms with Gasteiger partial charge in [0, 0.05) is 7.05 Å². The first-order valence-electron chi connectivity index (χ1n) is 3.13. The van der Waals surface area contributed by atoms with Gasteiger partial charge in [0.15, 0.2) is 5.82 Å². The van der Waals surface area contributed by atoms with E-state index >= 15 is 0 Å². The van der Waals surface area contributed by atoms with Crippen LogP contribution in [0.5, 0.6) is 0 Å². The maximum Gasteiger partial charge on any atom is 0.160 e. The van der Waals surface area contributed by atoms with Crippen molar-refractivity contribution in [1.82, 2.24) is 9.78 Å². The number of aromatic nitrogens is 2. The van der Waals surface area contributed by atoms with Gasteiger partial charge >= 0.3 is 0 Å². The lowest BCUT2D eigenvalue weighted by atomic mass is 10.3. The number of rotatable bonds is 1. The number of nitrogens with zero attached hydrogens (tertiary/aromatic N) is 2. The minimum atomic E-state index is 0.569. The molecule has 4 heteroatoms. The van der Waals surface area contributed by atoms with Crippen LogP contribution in [0.4, 0.5) is 5.82 Å². The summed E-state index contributed by atoms with van der Waals surface area (Å²) in [6.07, 6.45) is 0.946. The normalized spacial score (nSPS) is 10.3. The van der Waals surface area contributed by atoms with E-state index in [9.17, 15) is 0 Å². The van der Waals surface area contributed by atoms with Crippen molar-refractivity contribution in [1.29, 1.82) is 0 Å². The first-order valence-corrected chi connectivity index (χ1v) is 3.93. The molecule has 0 aliphatic rings. The molecule has 0 fully saturated rings.